The normalized spacial score (nSPS) is 19.2. The second kappa shape index (κ2) is 6.55. The van der Waals surface area contributed by atoms with Crippen molar-refractivity contribution in [3.8, 4) is 0 Å². The number of imidazole rings is 1. The molecule has 1 saturated heterocycles. The molecule has 6 nitrogen and oxygen atoms in total. The van der Waals surface area contributed by atoms with Gasteiger partial charge in [0.1, 0.15) is 5.65 Å². The summed E-state index contributed by atoms with van der Waals surface area (Å²) >= 11 is 6.03. The molecule has 0 N–H and O–H groups in total. The van der Waals surface area contributed by atoms with Crippen LogP contribution in [0.4, 0.5) is 0 Å². The van der Waals surface area contributed by atoms with Crippen molar-refractivity contribution in [2.24, 2.45) is 0 Å². The molecule has 1 atom stereocenters. The molecule has 1 fully saturated rings. The van der Waals surface area contributed by atoms with E-state index in [1.54, 1.807) is 0 Å². The number of nitrogens with zero attached hydrogens (tertiary/aromatic N) is 5. The zero-order valence-corrected chi connectivity index (χ0v) is 14.4. The fourth-order valence-electron chi connectivity index (χ4n) is 3.13. The first-order chi connectivity index (χ1) is 11.7. The molecule has 0 spiro atoms. The molecular formula is C17H20ClN5O. The van der Waals surface area contributed by atoms with Crippen molar-refractivity contribution in [2.75, 3.05) is 19.7 Å². The van der Waals surface area contributed by atoms with Crippen LogP contribution in [0.1, 0.15) is 11.3 Å². The van der Waals surface area contributed by atoms with Gasteiger partial charge >= 0.3 is 0 Å². The number of aromatic nitrogens is 4. The minimum absolute atomic E-state index is 0.157. The van der Waals surface area contributed by atoms with Crippen LogP contribution in [-0.4, -0.2) is 49.9 Å². The van der Waals surface area contributed by atoms with Crippen LogP contribution < -0.4 is 0 Å². The molecule has 3 aromatic rings. The minimum atomic E-state index is 0.157. The van der Waals surface area contributed by atoms with Gasteiger partial charge in [0.05, 0.1) is 36.2 Å². The topological polar surface area (TPSA) is 47.6 Å². The lowest BCUT2D eigenvalue weighted by atomic mass is 10.2. The molecule has 7 heteroatoms. The maximum Gasteiger partial charge on any atom is 0.137 e. The van der Waals surface area contributed by atoms with Gasteiger partial charge in [0.15, 0.2) is 0 Å². The Morgan fingerprint density at radius 3 is 3.04 bits per heavy atom. The van der Waals surface area contributed by atoms with E-state index in [0.29, 0.717) is 5.02 Å². The van der Waals surface area contributed by atoms with Gasteiger partial charge < -0.3 is 9.14 Å². The van der Waals surface area contributed by atoms with E-state index in [-0.39, 0.29) is 6.10 Å². The summed E-state index contributed by atoms with van der Waals surface area (Å²) in [4.78, 5) is 7.05. The van der Waals surface area contributed by atoms with Crippen molar-refractivity contribution in [1.29, 1.82) is 0 Å². The van der Waals surface area contributed by atoms with Crippen LogP contribution in [-0.2, 0) is 17.8 Å². The third-order valence-corrected chi connectivity index (χ3v) is 4.45. The highest BCUT2D eigenvalue weighted by Crippen LogP contribution is 2.15. The molecule has 126 valence electrons. The number of rotatable bonds is 4. The number of pyridine rings is 1. The van der Waals surface area contributed by atoms with Crippen LogP contribution in [0.2, 0.25) is 5.02 Å². The largest absolute Gasteiger partial charge is 0.374 e. The summed E-state index contributed by atoms with van der Waals surface area (Å²) in [5.74, 6) is 0. The van der Waals surface area contributed by atoms with Gasteiger partial charge in [0.25, 0.3) is 0 Å². The van der Waals surface area contributed by atoms with Crippen molar-refractivity contribution in [3.05, 3.63) is 53.2 Å². The summed E-state index contributed by atoms with van der Waals surface area (Å²) in [6, 6.07) is 3.80. The Balaban J connectivity index is 1.41. The molecule has 4 heterocycles. The van der Waals surface area contributed by atoms with Gasteiger partial charge in [0.2, 0.25) is 0 Å². The smallest absolute Gasteiger partial charge is 0.137 e. The molecule has 24 heavy (non-hydrogen) atoms. The van der Waals surface area contributed by atoms with Crippen LogP contribution in [0.3, 0.4) is 0 Å². The second-order valence-corrected chi connectivity index (χ2v) is 6.75. The summed E-state index contributed by atoms with van der Waals surface area (Å²) in [7, 11) is 0. The Kier molecular flexibility index (Phi) is 4.26. The van der Waals surface area contributed by atoms with E-state index in [1.165, 1.54) is 5.56 Å². The predicted molar refractivity (Wildman–Crippen MR) is 92.2 cm³/mol. The van der Waals surface area contributed by atoms with Crippen molar-refractivity contribution < 1.29 is 4.74 Å². The maximum atomic E-state index is 6.03. The molecule has 0 bridgehead atoms. The Morgan fingerprint density at radius 2 is 2.21 bits per heavy atom. The van der Waals surface area contributed by atoms with Crippen molar-refractivity contribution >= 4 is 17.2 Å². The van der Waals surface area contributed by atoms with Crippen LogP contribution in [0.15, 0.2) is 36.9 Å². The first kappa shape index (κ1) is 15.6. The highest BCUT2D eigenvalue weighted by Gasteiger charge is 2.22. The molecule has 1 unspecified atom stereocenters. The van der Waals surface area contributed by atoms with Crippen molar-refractivity contribution in [1.82, 2.24) is 24.1 Å². The number of aryl methyl sites for hydroxylation is 1. The lowest BCUT2D eigenvalue weighted by Gasteiger charge is -2.32. The zero-order chi connectivity index (χ0) is 16.5. The van der Waals surface area contributed by atoms with Gasteiger partial charge in [0, 0.05) is 38.2 Å². The highest BCUT2D eigenvalue weighted by atomic mass is 35.5. The van der Waals surface area contributed by atoms with Gasteiger partial charge in [-0.15, -0.1) is 0 Å². The van der Waals surface area contributed by atoms with E-state index in [2.05, 4.69) is 15.0 Å². The Labute approximate surface area is 145 Å². The zero-order valence-electron chi connectivity index (χ0n) is 13.6. The first-order valence-electron chi connectivity index (χ1n) is 8.12. The maximum absolute atomic E-state index is 6.03. The SMILES string of the molecule is Cc1cnn(CC2CN(Cc3cn4cc(Cl)ccc4n3)CCO2)c1. The van der Waals surface area contributed by atoms with Gasteiger partial charge in [-0.2, -0.15) is 5.10 Å². The van der Waals surface area contributed by atoms with Gasteiger partial charge in [-0.25, -0.2) is 4.98 Å². The van der Waals surface area contributed by atoms with Crippen LogP contribution in [0.25, 0.3) is 5.65 Å². The Morgan fingerprint density at radius 1 is 1.29 bits per heavy atom. The summed E-state index contributed by atoms with van der Waals surface area (Å²) in [5, 5.41) is 5.06. The standard InChI is InChI=1S/C17H20ClN5O/c1-13-6-19-23(7-13)12-16-11-21(4-5-24-16)9-15-10-22-8-14(18)2-3-17(22)20-15/h2-3,6-8,10,16H,4-5,9,11-12H2,1H3. The lowest BCUT2D eigenvalue weighted by Crippen LogP contribution is -2.43. The lowest BCUT2D eigenvalue weighted by molar-refractivity contribution is -0.0405. The predicted octanol–water partition coefficient (Wildman–Crippen LogP) is 2.39. The summed E-state index contributed by atoms with van der Waals surface area (Å²) < 4.78 is 9.82. The second-order valence-electron chi connectivity index (χ2n) is 6.31. The van der Waals surface area contributed by atoms with E-state index in [1.807, 2.05) is 52.9 Å². The van der Waals surface area contributed by atoms with E-state index in [9.17, 15) is 0 Å². The molecule has 0 aliphatic carbocycles. The highest BCUT2D eigenvalue weighted by molar-refractivity contribution is 6.30. The Hall–Kier alpha value is -1.89. The summed E-state index contributed by atoms with van der Waals surface area (Å²) in [6.07, 6.45) is 8.01. The van der Waals surface area contributed by atoms with Gasteiger partial charge in [-0.05, 0) is 24.6 Å². The molecule has 0 amide bonds. The number of fused-ring (bicyclic) bond motifs is 1. The van der Waals surface area contributed by atoms with Gasteiger partial charge in [-0.1, -0.05) is 11.6 Å². The molecule has 1 aliphatic rings. The minimum Gasteiger partial charge on any atom is -0.374 e. The van der Waals surface area contributed by atoms with Gasteiger partial charge in [-0.3, -0.25) is 9.58 Å². The fourth-order valence-corrected chi connectivity index (χ4v) is 3.30. The van der Waals surface area contributed by atoms with E-state index < -0.39 is 0 Å². The average molecular weight is 346 g/mol. The molecule has 0 aromatic carbocycles. The van der Waals surface area contributed by atoms with E-state index in [0.717, 1.165) is 44.1 Å². The number of hydrogen-bond donors (Lipinski definition) is 0. The fraction of sp³-hybridized carbons (Fsp3) is 0.412. The number of ether oxygens (including phenoxy) is 1. The van der Waals surface area contributed by atoms with Crippen LogP contribution >= 0.6 is 11.6 Å². The molecule has 4 rings (SSSR count). The molecular weight excluding hydrogens is 326 g/mol. The van der Waals surface area contributed by atoms with E-state index >= 15 is 0 Å². The average Bonchev–Trinajstić information content (AvgIpc) is 3.13. The third kappa shape index (κ3) is 3.45. The molecule has 0 radical (unpaired) electrons. The number of halogens is 1. The quantitative estimate of drug-likeness (QED) is 0.728. The molecule has 0 saturated carbocycles. The summed E-state index contributed by atoms with van der Waals surface area (Å²) in [6.45, 7) is 6.19. The van der Waals surface area contributed by atoms with E-state index in [4.69, 9.17) is 16.3 Å². The number of hydrogen-bond acceptors (Lipinski definition) is 4. The molecule has 1 aliphatic heterocycles. The monoisotopic (exact) mass is 345 g/mol. The first-order valence-corrected chi connectivity index (χ1v) is 8.50. The van der Waals surface area contributed by atoms with Crippen molar-refractivity contribution in [2.45, 2.75) is 26.1 Å². The Bertz CT molecular complexity index is 842. The third-order valence-electron chi connectivity index (χ3n) is 4.23. The van der Waals surface area contributed by atoms with Crippen molar-refractivity contribution in [3.63, 3.8) is 0 Å². The molecule has 3 aromatic heterocycles. The summed E-state index contributed by atoms with van der Waals surface area (Å²) in [5.41, 5.74) is 3.14. The van der Waals surface area contributed by atoms with Crippen LogP contribution in [0, 0.1) is 6.92 Å². The number of morpholine rings is 1. The van der Waals surface area contributed by atoms with Crippen LogP contribution in [0.5, 0.6) is 0 Å².